The van der Waals surface area contributed by atoms with E-state index in [1.165, 1.54) is 11.3 Å². The van der Waals surface area contributed by atoms with Crippen LogP contribution in [0.2, 0.25) is 0 Å². The van der Waals surface area contributed by atoms with Gasteiger partial charge in [-0.3, -0.25) is 4.98 Å². The topological polar surface area (TPSA) is 74.4 Å². The molecule has 0 aliphatic rings. The molecule has 0 atom stereocenters. The molecule has 0 saturated heterocycles. The number of methoxy groups -OCH3 is 1. The Morgan fingerprint density at radius 2 is 1.83 bits per heavy atom. The van der Waals surface area contributed by atoms with E-state index < -0.39 is 0 Å². The van der Waals surface area contributed by atoms with E-state index in [-0.39, 0.29) is 0 Å². The zero-order chi connectivity index (χ0) is 16.4. The average molecular weight is 339 g/mol. The van der Waals surface area contributed by atoms with E-state index >= 15 is 0 Å². The van der Waals surface area contributed by atoms with E-state index in [2.05, 4.69) is 20.3 Å². The maximum Gasteiger partial charge on any atom is 0.235 e. The van der Waals surface area contributed by atoms with E-state index in [4.69, 9.17) is 9.47 Å². The van der Waals surface area contributed by atoms with Crippen molar-refractivity contribution >= 4 is 16.3 Å². The van der Waals surface area contributed by atoms with E-state index in [1.807, 2.05) is 36.4 Å². The third kappa shape index (κ3) is 2.67. The second-order valence-corrected chi connectivity index (χ2v) is 5.93. The Bertz CT molecular complexity index is 967. The molecule has 0 fully saturated rings. The number of benzene rings is 1. The van der Waals surface area contributed by atoms with Crippen LogP contribution in [0.5, 0.6) is 11.5 Å². The second-order valence-electron chi connectivity index (χ2n) is 4.89. The fraction of sp³-hybridized carbons (Fsp3) is 0.125. The maximum atomic E-state index is 5.81. The number of pyridine rings is 1. The zero-order valence-electron chi connectivity index (χ0n) is 12.8. The smallest absolute Gasteiger partial charge is 0.235 e. The largest absolute Gasteiger partial charge is 0.493 e. The summed E-state index contributed by atoms with van der Waals surface area (Å²) in [5.74, 6) is 2.06. The van der Waals surface area contributed by atoms with Crippen LogP contribution in [0.15, 0.2) is 48.8 Å². The van der Waals surface area contributed by atoms with E-state index in [0.29, 0.717) is 23.9 Å². The summed E-state index contributed by atoms with van der Waals surface area (Å²) < 4.78 is 12.8. The Morgan fingerprint density at radius 3 is 2.62 bits per heavy atom. The first-order valence-corrected chi connectivity index (χ1v) is 8.04. The Labute approximate surface area is 141 Å². The van der Waals surface area contributed by atoms with Crippen molar-refractivity contribution < 1.29 is 9.47 Å². The van der Waals surface area contributed by atoms with Crippen molar-refractivity contribution in [3.8, 4) is 22.9 Å². The van der Waals surface area contributed by atoms with Crippen LogP contribution in [0.25, 0.3) is 16.3 Å². The highest BCUT2D eigenvalue weighted by molar-refractivity contribution is 7.16. The highest BCUT2D eigenvalue weighted by atomic mass is 32.1. The highest BCUT2D eigenvalue weighted by Crippen LogP contribution is 2.27. The first kappa shape index (κ1) is 14.6. The SMILES string of the molecule is COc1ccccc1OCc1nn2c(-c3ccncc3)nnc2s1. The van der Waals surface area contributed by atoms with Gasteiger partial charge in [0.2, 0.25) is 4.96 Å². The predicted octanol–water partition coefficient (Wildman–Crippen LogP) is 2.84. The van der Waals surface area contributed by atoms with Gasteiger partial charge in [-0.1, -0.05) is 23.5 Å². The number of fused-ring (bicyclic) bond motifs is 1. The number of rotatable bonds is 5. The van der Waals surface area contributed by atoms with Crippen LogP contribution in [0.4, 0.5) is 0 Å². The van der Waals surface area contributed by atoms with E-state index in [1.54, 1.807) is 24.0 Å². The number of nitrogens with zero attached hydrogens (tertiary/aromatic N) is 5. The molecule has 0 bridgehead atoms. The Hall–Kier alpha value is -3.00. The molecule has 4 rings (SSSR count). The molecule has 24 heavy (non-hydrogen) atoms. The second kappa shape index (κ2) is 6.25. The van der Waals surface area contributed by atoms with E-state index in [0.717, 1.165) is 15.5 Å². The van der Waals surface area contributed by atoms with Crippen molar-refractivity contribution in [3.63, 3.8) is 0 Å². The fourth-order valence-electron chi connectivity index (χ4n) is 2.27. The molecule has 7 nitrogen and oxygen atoms in total. The zero-order valence-corrected chi connectivity index (χ0v) is 13.6. The Kier molecular flexibility index (Phi) is 3.80. The summed E-state index contributed by atoms with van der Waals surface area (Å²) in [7, 11) is 1.62. The van der Waals surface area contributed by atoms with Crippen molar-refractivity contribution in [2.45, 2.75) is 6.61 Å². The van der Waals surface area contributed by atoms with Crippen LogP contribution in [-0.4, -0.2) is 31.9 Å². The lowest BCUT2D eigenvalue weighted by atomic mass is 10.2. The number of hydrogen-bond acceptors (Lipinski definition) is 7. The highest BCUT2D eigenvalue weighted by Gasteiger charge is 2.14. The lowest BCUT2D eigenvalue weighted by molar-refractivity contribution is 0.283. The minimum atomic E-state index is 0.337. The molecule has 1 aromatic carbocycles. The molecule has 120 valence electrons. The minimum Gasteiger partial charge on any atom is -0.493 e. The van der Waals surface area contributed by atoms with Crippen molar-refractivity contribution in [3.05, 3.63) is 53.8 Å². The Morgan fingerprint density at radius 1 is 1.04 bits per heavy atom. The van der Waals surface area contributed by atoms with E-state index in [9.17, 15) is 0 Å². The molecule has 0 unspecified atom stereocenters. The molecule has 3 heterocycles. The van der Waals surface area contributed by atoms with Crippen molar-refractivity contribution in [2.75, 3.05) is 7.11 Å². The van der Waals surface area contributed by atoms with Crippen LogP contribution in [0.1, 0.15) is 5.01 Å². The molecule has 0 amide bonds. The van der Waals surface area contributed by atoms with Crippen LogP contribution >= 0.6 is 11.3 Å². The number of para-hydroxylation sites is 2. The molecule has 0 N–H and O–H groups in total. The quantitative estimate of drug-likeness (QED) is 0.557. The van der Waals surface area contributed by atoms with Crippen LogP contribution in [-0.2, 0) is 6.61 Å². The summed E-state index contributed by atoms with van der Waals surface area (Å²) in [6.45, 7) is 0.337. The average Bonchev–Trinajstić information content (AvgIpc) is 3.21. The molecule has 3 aromatic heterocycles. The van der Waals surface area contributed by atoms with Gasteiger partial charge in [0.15, 0.2) is 22.3 Å². The summed E-state index contributed by atoms with van der Waals surface area (Å²) in [6.07, 6.45) is 3.43. The molecule has 8 heteroatoms. The van der Waals surface area contributed by atoms with Gasteiger partial charge in [-0.25, -0.2) is 0 Å². The normalized spacial score (nSPS) is 10.9. The maximum absolute atomic E-state index is 5.81. The van der Waals surface area contributed by atoms with Gasteiger partial charge < -0.3 is 9.47 Å². The molecule has 0 aliphatic heterocycles. The lowest BCUT2D eigenvalue weighted by Crippen LogP contribution is -1.99. The third-order valence-corrected chi connectivity index (χ3v) is 4.26. The van der Waals surface area contributed by atoms with Crippen LogP contribution in [0, 0.1) is 0 Å². The molecule has 0 saturated carbocycles. The van der Waals surface area contributed by atoms with Gasteiger partial charge >= 0.3 is 0 Å². The van der Waals surface area contributed by atoms with Crippen LogP contribution < -0.4 is 9.47 Å². The van der Waals surface area contributed by atoms with Gasteiger partial charge in [-0.2, -0.15) is 9.61 Å². The molecule has 0 spiro atoms. The number of aromatic nitrogens is 5. The summed E-state index contributed by atoms with van der Waals surface area (Å²) in [4.78, 5) is 4.74. The third-order valence-electron chi connectivity index (χ3n) is 3.39. The lowest BCUT2D eigenvalue weighted by Gasteiger charge is -2.08. The van der Waals surface area contributed by atoms with Crippen molar-refractivity contribution in [1.82, 2.24) is 24.8 Å². The van der Waals surface area contributed by atoms with Crippen molar-refractivity contribution in [1.29, 1.82) is 0 Å². The van der Waals surface area contributed by atoms with Gasteiger partial charge in [-0.15, -0.1) is 10.2 Å². The predicted molar refractivity (Wildman–Crippen MR) is 89.2 cm³/mol. The van der Waals surface area contributed by atoms with Gasteiger partial charge in [0.05, 0.1) is 7.11 Å². The standard InChI is InChI=1S/C16H13N5O2S/c1-22-12-4-2-3-5-13(12)23-10-14-20-21-15(18-19-16(21)24-14)11-6-8-17-9-7-11/h2-9H,10H2,1H3. The van der Waals surface area contributed by atoms with Gasteiger partial charge in [0.1, 0.15) is 6.61 Å². The summed E-state index contributed by atoms with van der Waals surface area (Å²) >= 11 is 1.44. The molecular formula is C16H13N5O2S. The molecule has 0 aliphatic carbocycles. The molecular weight excluding hydrogens is 326 g/mol. The Balaban J connectivity index is 1.59. The van der Waals surface area contributed by atoms with Gasteiger partial charge in [0, 0.05) is 18.0 Å². The summed E-state index contributed by atoms with van der Waals surface area (Å²) in [5.41, 5.74) is 0.917. The molecule has 0 radical (unpaired) electrons. The first-order valence-electron chi connectivity index (χ1n) is 7.22. The first-order chi connectivity index (χ1) is 11.8. The molecule has 4 aromatic rings. The van der Waals surface area contributed by atoms with Crippen molar-refractivity contribution in [2.24, 2.45) is 0 Å². The van der Waals surface area contributed by atoms with Gasteiger partial charge in [0.25, 0.3) is 0 Å². The fourth-order valence-corrected chi connectivity index (χ4v) is 3.02. The van der Waals surface area contributed by atoms with Crippen LogP contribution in [0.3, 0.4) is 0 Å². The minimum absolute atomic E-state index is 0.337. The summed E-state index contributed by atoms with van der Waals surface area (Å²) in [5, 5.41) is 13.7. The summed E-state index contributed by atoms with van der Waals surface area (Å²) in [6, 6.07) is 11.3. The number of ether oxygens (including phenoxy) is 2. The number of hydrogen-bond donors (Lipinski definition) is 0. The van der Waals surface area contributed by atoms with Gasteiger partial charge in [-0.05, 0) is 24.3 Å². The monoisotopic (exact) mass is 339 g/mol.